The quantitative estimate of drug-likeness (QED) is 0.800. The number of nitrogens with one attached hydrogen (secondary N) is 1. The van der Waals surface area contributed by atoms with Gasteiger partial charge in [0.25, 0.3) is 0 Å². The van der Waals surface area contributed by atoms with Gasteiger partial charge in [-0.1, -0.05) is 69.1 Å². The second-order valence-corrected chi connectivity index (χ2v) is 6.20. The Morgan fingerprint density at radius 2 is 1.86 bits per heavy atom. The summed E-state index contributed by atoms with van der Waals surface area (Å²) in [4.78, 5) is 8.42. The summed E-state index contributed by atoms with van der Waals surface area (Å²) in [5, 5.41) is 3.99. The van der Waals surface area contributed by atoms with Crippen LogP contribution < -0.4 is 5.32 Å². The third-order valence-corrected chi connectivity index (χ3v) is 3.97. The molecule has 1 N–H and O–H groups in total. The number of rotatable bonds is 6. The molecule has 0 fully saturated rings. The predicted molar refractivity (Wildman–Crippen MR) is 89.0 cm³/mol. The van der Waals surface area contributed by atoms with Crippen LogP contribution in [0.3, 0.4) is 0 Å². The maximum Gasteiger partial charge on any atom is 0.137 e. The lowest BCUT2D eigenvalue weighted by atomic mass is 9.84. The average Bonchev–Trinajstić information content (AvgIpc) is 2.49. The molecule has 0 radical (unpaired) electrons. The maximum absolute atomic E-state index is 6.18. The molecule has 21 heavy (non-hydrogen) atoms. The fourth-order valence-electron chi connectivity index (χ4n) is 2.31. The highest BCUT2D eigenvalue weighted by atomic mass is 35.5. The molecule has 2 aromatic rings. The van der Waals surface area contributed by atoms with Gasteiger partial charge in [0.2, 0.25) is 0 Å². The van der Waals surface area contributed by atoms with Crippen molar-refractivity contribution in [3.63, 3.8) is 0 Å². The second kappa shape index (κ2) is 6.90. The topological polar surface area (TPSA) is 37.8 Å². The molecular formula is C17H22ClN3. The summed E-state index contributed by atoms with van der Waals surface area (Å²) >= 11 is 6.18. The molecule has 0 atom stereocenters. The first-order valence-corrected chi connectivity index (χ1v) is 7.71. The third-order valence-electron chi connectivity index (χ3n) is 3.65. The summed E-state index contributed by atoms with van der Waals surface area (Å²) in [6.07, 6.45) is 3.41. The van der Waals surface area contributed by atoms with Gasteiger partial charge in [-0.3, -0.25) is 0 Å². The Hall–Kier alpha value is -1.61. The minimum absolute atomic E-state index is 0.0160. The van der Waals surface area contributed by atoms with Crippen molar-refractivity contribution in [1.82, 2.24) is 9.97 Å². The zero-order valence-electron chi connectivity index (χ0n) is 12.9. The number of halogens is 1. The van der Waals surface area contributed by atoms with Gasteiger partial charge in [-0.2, -0.15) is 0 Å². The second-order valence-electron chi connectivity index (χ2n) is 5.85. The van der Waals surface area contributed by atoms with Crippen LogP contribution >= 0.6 is 11.6 Å². The number of hydrogen-bond donors (Lipinski definition) is 1. The highest BCUT2D eigenvalue weighted by molar-refractivity contribution is 6.30. The first kappa shape index (κ1) is 15.8. The summed E-state index contributed by atoms with van der Waals surface area (Å²) in [5.41, 5.74) is 2.32. The van der Waals surface area contributed by atoms with Crippen molar-refractivity contribution >= 4 is 17.4 Å². The van der Waals surface area contributed by atoms with Crippen molar-refractivity contribution < 1.29 is 0 Å². The summed E-state index contributed by atoms with van der Waals surface area (Å²) in [6, 6.07) is 10.5. The van der Waals surface area contributed by atoms with E-state index in [4.69, 9.17) is 11.6 Å². The van der Waals surface area contributed by atoms with Crippen LogP contribution in [0.15, 0.2) is 36.7 Å². The van der Waals surface area contributed by atoms with E-state index in [9.17, 15) is 0 Å². The fourth-order valence-corrected chi connectivity index (χ4v) is 2.54. The van der Waals surface area contributed by atoms with Gasteiger partial charge in [0.05, 0.1) is 0 Å². The van der Waals surface area contributed by atoms with E-state index in [1.807, 2.05) is 6.07 Å². The van der Waals surface area contributed by atoms with Gasteiger partial charge in [0, 0.05) is 17.5 Å². The average molecular weight is 304 g/mol. The highest BCUT2D eigenvalue weighted by Gasteiger charge is 2.21. The smallest absolute Gasteiger partial charge is 0.137 e. The Morgan fingerprint density at radius 1 is 1.14 bits per heavy atom. The van der Waals surface area contributed by atoms with E-state index in [1.165, 1.54) is 11.9 Å². The molecule has 1 aromatic carbocycles. The van der Waals surface area contributed by atoms with Crippen molar-refractivity contribution in [3.05, 3.63) is 52.9 Å². The Labute approximate surface area is 131 Å². The van der Waals surface area contributed by atoms with Gasteiger partial charge in [-0.15, -0.1) is 0 Å². The Bertz CT molecular complexity index is 582. The van der Waals surface area contributed by atoms with E-state index < -0.39 is 0 Å². The molecule has 0 aliphatic carbocycles. The summed E-state index contributed by atoms with van der Waals surface area (Å²) in [6.45, 7) is 7.36. The number of nitrogens with zero attached hydrogens (tertiary/aromatic N) is 2. The van der Waals surface area contributed by atoms with E-state index in [2.05, 4.69) is 60.3 Å². The molecule has 1 aromatic heterocycles. The molecule has 1 heterocycles. The lowest BCUT2D eigenvalue weighted by molar-refractivity contribution is 0.555. The van der Waals surface area contributed by atoms with Crippen LogP contribution in [-0.2, 0) is 11.8 Å². The standard InChI is InChI=1S/C17H22ClN3/c1-4-8-14-15(18)20-12-21-16(14)19-11-17(2,3)13-9-6-5-7-10-13/h5-7,9-10,12H,4,8,11H2,1-3H3,(H,19,20,21). The number of benzene rings is 1. The predicted octanol–water partition coefficient (Wildman–Crippen LogP) is 4.47. The molecule has 0 saturated carbocycles. The summed E-state index contributed by atoms with van der Waals surface area (Å²) in [5.74, 6) is 0.848. The van der Waals surface area contributed by atoms with Crippen LogP contribution in [-0.4, -0.2) is 16.5 Å². The van der Waals surface area contributed by atoms with Gasteiger partial charge in [-0.25, -0.2) is 9.97 Å². The molecular weight excluding hydrogens is 282 g/mol. The first-order chi connectivity index (χ1) is 10.0. The first-order valence-electron chi connectivity index (χ1n) is 7.33. The fraction of sp³-hybridized carbons (Fsp3) is 0.412. The van der Waals surface area contributed by atoms with Crippen molar-refractivity contribution in [3.8, 4) is 0 Å². The lowest BCUT2D eigenvalue weighted by Gasteiger charge is -2.26. The van der Waals surface area contributed by atoms with Crippen LogP contribution in [0.4, 0.5) is 5.82 Å². The zero-order valence-corrected chi connectivity index (χ0v) is 13.6. The van der Waals surface area contributed by atoms with Crippen LogP contribution in [0, 0.1) is 0 Å². The van der Waals surface area contributed by atoms with E-state index in [0.29, 0.717) is 5.15 Å². The minimum atomic E-state index is 0.0160. The van der Waals surface area contributed by atoms with E-state index in [-0.39, 0.29) is 5.41 Å². The molecule has 0 spiro atoms. The van der Waals surface area contributed by atoms with Gasteiger partial charge in [-0.05, 0) is 12.0 Å². The van der Waals surface area contributed by atoms with Crippen LogP contribution in [0.2, 0.25) is 5.15 Å². The van der Waals surface area contributed by atoms with Gasteiger partial charge in [0.15, 0.2) is 0 Å². The molecule has 0 amide bonds. The zero-order chi connectivity index (χ0) is 15.3. The minimum Gasteiger partial charge on any atom is -0.369 e. The third kappa shape index (κ3) is 3.94. The van der Waals surface area contributed by atoms with E-state index in [1.54, 1.807) is 0 Å². The van der Waals surface area contributed by atoms with Crippen LogP contribution in [0.5, 0.6) is 0 Å². The van der Waals surface area contributed by atoms with Crippen LogP contribution in [0.1, 0.15) is 38.3 Å². The Balaban J connectivity index is 2.14. The molecule has 4 heteroatoms. The summed E-state index contributed by atoms with van der Waals surface area (Å²) in [7, 11) is 0. The van der Waals surface area contributed by atoms with Crippen molar-refractivity contribution in [2.45, 2.75) is 39.0 Å². The number of hydrogen-bond acceptors (Lipinski definition) is 3. The van der Waals surface area contributed by atoms with Gasteiger partial charge >= 0.3 is 0 Å². The largest absolute Gasteiger partial charge is 0.369 e. The molecule has 0 aliphatic rings. The number of anilines is 1. The monoisotopic (exact) mass is 303 g/mol. The summed E-state index contributed by atoms with van der Waals surface area (Å²) < 4.78 is 0. The molecule has 112 valence electrons. The van der Waals surface area contributed by atoms with Gasteiger partial charge < -0.3 is 5.32 Å². The van der Waals surface area contributed by atoms with Crippen molar-refractivity contribution in [2.75, 3.05) is 11.9 Å². The van der Waals surface area contributed by atoms with Gasteiger partial charge in [0.1, 0.15) is 17.3 Å². The van der Waals surface area contributed by atoms with Crippen molar-refractivity contribution in [2.24, 2.45) is 0 Å². The SMILES string of the molecule is CCCc1c(Cl)ncnc1NCC(C)(C)c1ccccc1. The van der Waals surface area contributed by atoms with Crippen LogP contribution in [0.25, 0.3) is 0 Å². The molecule has 0 saturated heterocycles. The van der Waals surface area contributed by atoms with E-state index in [0.717, 1.165) is 30.8 Å². The molecule has 0 unspecified atom stereocenters. The molecule has 0 aliphatic heterocycles. The van der Waals surface area contributed by atoms with Crippen molar-refractivity contribution in [1.29, 1.82) is 0 Å². The molecule has 2 rings (SSSR count). The Kier molecular flexibility index (Phi) is 5.18. The molecule has 3 nitrogen and oxygen atoms in total. The maximum atomic E-state index is 6.18. The molecule has 0 bridgehead atoms. The normalized spacial score (nSPS) is 11.4. The Morgan fingerprint density at radius 3 is 2.52 bits per heavy atom. The number of aromatic nitrogens is 2. The highest BCUT2D eigenvalue weighted by Crippen LogP contribution is 2.26. The van der Waals surface area contributed by atoms with E-state index >= 15 is 0 Å². The lowest BCUT2D eigenvalue weighted by Crippen LogP contribution is -2.28.